The Hall–Kier alpha value is -1.33. The molecule has 0 aliphatic heterocycles. The number of nitrogens with zero attached hydrogens (tertiary/aromatic N) is 1. The summed E-state index contributed by atoms with van der Waals surface area (Å²) < 4.78 is 0. The van der Waals surface area contributed by atoms with Gasteiger partial charge in [-0.05, 0) is 38.3 Å². The number of aliphatic hydroxyl groups is 1. The third-order valence-corrected chi connectivity index (χ3v) is 2.24. The zero-order chi connectivity index (χ0) is 10.9. The Bertz CT molecular complexity index is 323. The Labute approximate surface area is 91.4 Å². The first kappa shape index (κ1) is 11.7. The van der Waals surface area contributed by atoms with Gasteiger partial charge in [-0.1, -0.05) is 6.07 Å². The van der Waals surface area contributed by atoms with Crippen molar-refractivity contribution >= 4 is 0 Å². The molecule has 0 amide bonds. The van der Waals surface area contributed by atoms with Crippen LogP contribution in [0.1, 0.15) is 31.9 Å². The number of aromatic nitrogens is 1. The van der Waals surface area contributed by atoms with E-state index in [0.29, 0.717) is 0 Å². The quantitative estimate of drug-likeness (QED) is 0.744. The molecule has 2 heteroatoms. The molecule has 0 radical (unpaired) electrons. The molecule has 0 fully saturated rings. The molecule has 15 heavy (non-hydrogen) atoms. The molecular formula is C13H17NO. The summed E-state index contributed by atoms with van der Waals surface area (Å²) in [5.41, 5.74) is 1.04. The number of hydrogen-bond acceptors (Lipinski definition) is 2. The van der Waals surface area contributed by atoms with Gasteiger partial charge in [0, 0.05) is 18.3 Å². The minimum atomic E-state index is -0.257. The Balaban J connectivity index is 2.21. The van der Waals surface area contributed by atoms with Crippen LogP contribution in [-0.2, 0) is 6.42 Å². The van der Waals surface area contributed by atoms with E-state index in [1.54, 1.807) is 6.20 Å². The minimum Gasteiger partial charge on any atom is -0.393 e. The van der Waals surface area contributed by atoms with E-state index >= 15 is 0 Å². The van der Waals surface area contributed by atoms with Gasteiger partial charge in [0.2, 0.25) is 0 Å². The lowest BCUT2D eigenvalue weighted by molar-refractivity contribution is 0.156. The molecule has 0 aliphatic rings. The lowest BCUT2D eigenvalue weighted by Gasteiger charge is -2.07. The SMILES string of the molecule is CC#CCCC(O)CCc1ccccn1. The van der Waals surface area contributed by atoms with Gasteiger partial charge in [0.25, 0.3) is 0 Å². The fourth-order valence-corrected chi connectivity index (χ4v) is 1.37. The summed E-state index contributed by atoms with van der Waals surface area (Å²) in [6.07, 6.45) is 4.66. The molecule has 2 nitrogen and oxygen atoms in total. The maximum absolute atomic E-state index is 9.64. The van der Waals surface area contributed by atoms with E-state index in [2.05, 4.69) is 16.8 Å². The smallest absolute Gasteiger partial charge is 0.0553 e. The summed E-state index contributed by atoms with van der Waals surface area (Å²) in [5, 5.41) is 9.64. The Morgan fingerprint density at radius 3 is 2.93 bits per heavy atom. The standard InChI is InChI=1S/C13H17NO/c1-2-3-4-8-13(15)10-9-12-7-5-6-11-14-12/h5-7,11,13,15H,4,8-10H2,1H3. The van der Waals surface area contributed by atoms with Gasteiger partial charge < -0.3 is 5.11 Å². The zero-order valence-electron chi connectivity index (χ0n) is 9.11. The van der Waals surface area contributed by atoms with Crippen LogP contribution in [0.25, 0.3) is 0 Å². The second-order valence-electron chi connectivity index (χ2n) is 3.48. The van der Waals surface area contributed by atoms with Crippen LogP contribution in [-0.4, -0.2) is 16.2 Å². The first-order chi connectivity index (χ1) is 7.33. The lowest BCUT2D eigenvalue weighted by atomic mass is 10.1. The van der Waals surface area contributed by atoms with Gasteiger partial charge in [0.1, 0.15) is 0 Å². The second-order valence-corrected chi connectivity index (χ2v) is 3.48. The van der Waals surface area contributed by atoms with E-state index in [0.717, 1.165) is 31.4 Å². The summed E-state index contributed by atoms with van der Waals surface area (Å²) in [5.74, 6) is 5.78. The molecule has 0 aliphatic carbocycles. The summed E-state index contributed by atoms with van der Waals surface area (Å²) in [7, 11) is 0. The highest BCUT2D eigenvalue weighted by atomic mass is 16.3. The maximum atomic E-state index is 9.64. The summed E-state index contributed by atoms with van der Waals surface area (Å²) in [6.45, 7) is 1.82. The van der Waals surface area contributed by atoms with Crippen molar-refractivity contribution in [2.45, 2.75) is 38.7 Å². The summed E-state index contributed by atoms with van der Waals surface area (Å²) in [6, 6.07) is 5.85. The van der Waals surface area contributed by atoms with E-state index in [4.69, 9.17) is 0 Å². The third-order valence-electron chi connectivity index (χ3n) is 2.24. The molecule has 1 unspecified atom stereocenters. The number of aliphatic hydroxyl groups excluding tert-OH is 1. The lowest BCUT2D eigenvalue weighted by Crippen LogP contribution is -2.07. The van der Waals surface area contributed by atoms with E-state index in [-0.39, 0.29) is 6.10 Å². The molecular weight excluding hydrogens is 186 g/mol. The minimum absolute atomic E-state index is 0.257. The highest BCUT2D eigenvalue weighted by Gasteiger charge is 2.03. The van der Waals surface area contributed by atoms with Gasteiger partial charge in [-0.25, -0.2) is 0 Å². The van der Waals surface area contributed by atoms with Crippen molar-refractivity contribution in [3.8, 4) is 11.8 Å². The third kappa shape index (κ3) is 5.19. The van der Waals surface area contributed by atoms with Crippen molar-refractivity contribution in [1.82, 2.24) is 4.98 Å². The van der Waals surface area contributed by atoms with Gasteiger partial charge >= 0.3 is 0 Å². The Morgan fingerprint density at radius 2 is 2.27 bits per heavy atom. The van der Waals surface area contributed by atoms with Crippen molar-refractivity contribution in [1.29, 1.82) is 0 Å². The van der Waals surface area contributed by atoms with Crippen LogP contribution in [0.4, 0.5) is 0 Å². The van der Waals surface area contributed by atoms with Crippen LogP contribution < -0.4 is 0 Å². The van der Waals surface area contributed by atoms with Gasteiger partial charge in [0.05, 0.1) is 6.10 Å². The molecule has 80 valence electrons. The van der Waals surface area contributed by atoms with Crippen LogP contribution in [0.3, 0.4) is 0 Å². The molecule has 1 rings (SSSR count). The predicted octanol–water partition coefficient (Wildman–Crippen LogP) is 2.18. The number of rotatable bonds is 5. The monoisotopic (exact) mass is 203 g/mol. The first-order valence-electron chi connectivity index (χ1n) is 5.30. The van der Waals surface area contributed by atoms with E-state index < -0.39 is 0 Å². The summed E-state index contributed by atoms with van der Waals surface area (Å²) in [4.78, 5) is 4.21. The topological polar surface area (TPSA) is 33.1 Å². The Morgan fingerprint density at radius 1 is 1.40 bits per heavy atom. The average Bonchev–Trinajstić information content (AvgIpc) is 2.28. The van der Waals surface area contributed by atoms with E-state index in [9.17, 15) is 5.11 Å². The van der Waals surface area contributed by atoms with Crippen molar-refractivity contribution in [2.75, 3.05) is 0 Å². The average molecular weight is 203 g/mol. The zero-order valence-corrected chi connectivity index (χ0v) is 9.11. The van der Waals surface area contributed by atoms with Crippen LogP contribution >= 0.6 is 0 Å². The highest BCUT2D eigenvalue weighted by molar-refractivity contribution is 5.03. The fraction of sp³-hybridized carbons (Fsp3) is 0.462. The van der Waals surface area contributed by atoms with Gasteiger partial charge in [-0.3, -0.25) is 4.98 Å². The molecule has 1 aromatic heterocycles. The second kappa shape index (κ2) is 7.03. The number of hydrogen-bond donors (Lipinski definition) is 1. The molecule has 0 saturated carbocycles. The normalized spacial score (nSPS) is 11.6. The molecule has 1 heterocycles. The van der Waals surface area contributed by atoms with Crippen LogP contribution in [0.5, 0.6) is 0 Å². The molecule has 0 aromatic carbocycles. The Kier molecular flexibility index (Phi) is 5.50. The van der Waals surface area contributed by atoms with Crippen molar-refractivity contribution < 1.29 is 5.11 Å². The molecule has 0 spiro atoms. The first-order valence-corrected chi connectivity index (χ1v) is 5.30. The van der Waals surface area contributed by atoms with Crippen LogP contribution in [0.2, 0.25) is 0 Å². The van der Waals surface area contributed by atoms with Gasteiger partial charge in [-0.15, -0.1) is 11.8 Å². The fourth-order valence-electron chi connectivity index (χ4n) is 1.37. The molecule has 1 atom stereocenters. The molecule has 0 bridgehead atoms. The highest BCUT2D eigenvalue weighted by Crippen LogP contribution is 2.06. The number of pyridine rings is 1. The van der Waals surface area contributed by atoms with Crippen molar-refractivity contribution in [3.63, 3.8) is 0 Å². The maximum Gasteiger partial charge on any atom is 0.0553 e. The van der Waals surface area contributed by atoms with Crippen LogP contribution in [0, 0.1) is 11.8 Å². The summed E-state index contributed by atoms with van der Waals surface area (Å²) >= 11 is 0. The largest absolute Gasteiger partial charge is 0.393 e. The molecule has 1 N–H and O–H groups in total. The molecule has 1 aromatic rings. The van der Waals surface area contributed by atoms with Crippen molar-refractivity contribution in [2.24, 2.45) is 0 Å². The van der Waals surface area contributed by atoms with Gasteiger partial charge in [0.15, 0.2) is 0 Å². The van der Waals surface area contributed by atoms with Gasteiger partial charge in [-0.2, -0.15) is 0 Å². The van der Waals surface area contributed by atoms with Crippen molar-refractivity contribution in [3.05, 3.63) is 30.1 Å². The number of aryl methyl sites for hydroxylation is 1. The molecule has 0 saturated heterocycles. The van der Waals surface area contributed by atoms with E-state index in [1.807, 2.05) is 25.1 Å². The predicted molar refractivity (Wildman–Crippen MR) is 61.2 cm³/mol. The van der Waals surface area contributed by atoms with Crippen LogP contribution in [0.15, 0.2) is 24.4 Å². The van der Waals surface area contributed by atoms with E-state index in [1.165, 1.54) is 0 Å².